The summed E-state index contributed by atoms with van der Waals surface area (Å²) in [6.45, 7) is 0. The smallest absolute Gasteiger partial charge is 0.257 e. The second kappa shape index (κ2) is 5.95. The van der Waals surface area contributed by atoms with Crippen LogP contribution in [0, 0.1) is 0 Å². The first-order valence-corrected chi connectivity index (χ1v) is 7.94. The minimum atomic E-state index is -0.176. The van der Waals surface area contributed by atoms with Crippen LogP contribution < -0.4 is 5.32 Å². The van der Waals surface area contributed by atoms with Crippen LogP contribution in [0.1, 0.15) is 21.5 Å². The third-order valence-corrected chi connectivity index (χ3v) is 4.15. The van der Waals surface area contributed by atoms with Crippen molar-refractivity contribution in [2.24, 2.45) is 4.99 Å². The molecule has 24 heavy (non-hydrogen) atoms. The molecule has 0 unspecified atom stereocenters. The topological polar surface area (TPSA) is 41.5 Å². The SMILES string of the molecule is O=C1Nc2ccc(Cl)cc2C(c2ccccc2)=Nc2ccccc21. The molecular weight excluding hydrogens is 320 g/mol. The molecule has 0 saturated carbocycles. The lowest BCUT2D eigenvalue weighted by Crippen LogP contribution is -2.18. The largest absolute Gasteiger partial charge is 0.321 e. The highest BCUT2D eigenvalue weighted by Crippen LogP contribution is 2.31. The van der Waals surface area contributed by atoms with Crippen molar-refractivity contribution in [1.82, 2.24) is 0 Å². The zero-order valence-corrected chi connectivity index (χ0v) is 13.4. The summed E-state index contributed by atoms with van der Waals surface area (Å²) in [6.07, 6.45) is 0. The van der Waals surface area contributed by atoms with E-state index < -0.39 is 0 Å². The number of carbonyl (C=O) groups excluding carboxylic acids is 1. The molecule has 3 aromatic rings. The predicted molar refractivity (Wildman–Crippen MR) is 97.6 cm³/mol. The summed E-state index contributed by atoms with van der Waals surface area (Å²) < 4.78 is 0. The standard InChI is InChI=1S/C20H13ClN2O/c21-14-10-11-18-16(12-14)19(13-6-2-1-3-7-13)22-17-9-5-4-8-15(17)20(24)23-18/h1-12H,(H,23,24). The Morgan fingerprint density at radius 1 is 0.833 bits per heavy atom. The van der Waals surface area contributed by atoms with Crippen LogP contribution in [0.25, 0.3) is 0 Å². The maximum atomic E-state index is 12.5. The highest BCUT2D eigenvalue weighted by molar-refractivity contribution is 6.32. The Morgan fingerprint density at radius 3 is 2.42 bits per heavy atom. The van der Waals surface area contributed by atoms with E-state index in [0.717, 1.165) is 16.8 Å². The van der Waals surface area contributed by atoms with Crippen LogP contribution in [0.4, 0.5) is 11.4 Å². The van der Waals surface area contributed by atoms with Gasteiger partial charge in [-0.2, -0.15) is 0 Å². The molecule has 1 amide bonds. The van der Waals surface area contributed by atoms with E-state index >= 15 is 0 Å². The second-order valence-corrected chi connectivity index (χ2v) is 5.92. The van der Waals surface area contributed by atoms with E-state index in [9.17, 15) is 4.79 Å². The van der Waals surface area contributed by atoms with Crippen LogP contribution in [0.3, 0.4) is 0 Å². The first-order valence-electron chi connectivity index (χ1n) is 7.57. The number of nitrogens with one attached hydrogen (secondary N) is 1. The van der Waals surface area contributed by atoms with Crippen LogP contribution in [-0.2, 0) is 0 Å². The van der Waals surface area contributed by atoms with Crippen LogP contribution >= 0.6 is 11.6 Å². The number of para-hydroxylation sites is 1. The molecule has 0 fully saturated rings. The number of hydrogen-bond acceptors (Lipinski definition) is 2. The summed E-state index contributed by atoms with van der Waals surface area (Å²) in [5, 5.41) is 3.56. The quantitative estimate of drug-likeness (QED) is 0.663. The van der Waals surface area contributed by atoms with Crippen molar-refractivity contribution < 1.29 is 4.79 Å². The number of halogens is 1. The molecule has 3 aromatic carbocycles. The summed E-state index contributed by atoms with van der Waals surface area (Å²) >= 11 is 6.19. The Labute approximate surface area is 144 Å². The molecule has 0 bridgehead atoms. The average molecular weight is 333 g/mol. The molecule has 3 nitrogen and oxygen atoms in total. The fourth-order valence-electron chi connectivity index (χ4n) is 2.77. The summed E-state index contributed by atoms with van der Waals surface area (Å²) in [5.74, 6) is -0.176. The van der Waals surface area contributed by atoms with Crippen molar-refractivity contribution in [1.29, 1.82) is 0 Å². The molecule has 0 saturated heterocycles. The molecule has 0 aliphatic carbocycles. The minimum Gasteiger partial charge on any atom is -0.321 e. The summed E-state index contributed by atoms with van der Waals surface area (Å²) in [5.41, 5.74) is 4.43. The predicted octanol–water partition coefficient (Wildman–Crippen LogP) is 5.07. The van der Waals surface area contributed by atoms with Crippen molar-refractivity contribution >= 4 is 34.6 Å². The zero-order valence-electron chi connectivity index (χ0n) is 12.7. The number of anilines is 1. The van der Waals surface area contributed by atoms with Gasteiger partial charge in [-0.05, 0) is 30.3 Å². The highest BCUT2D eigenvalue weighted by atomic mass is 35.5. The van der Waals surface area contributed by atoms with E-state index in [4.69, 9.17) is 16.6 Å². The number of benzene rings is 3. The van der Waals surface area contributed by atoms with Crippen molar-refractivity contribution in [2.45, 2.75) is 0 Å². The highest BCUT2D eigenvalue weighted by Gasteiger charge is 2.20. The molecule has 1 N–H and O–H groups in total. The number of carbonyl (C=O) groups is 1. The number of hydrogen-bond donors (Lipinski definition) is 1. The molecule has 4 heteroatoms. The van der Waals surface area contributed by atoms with Gasteiger partial charge < -0.3 is 5.32 Å². The first-order chi connectivity index (χ1) is 11.7. The fraction of sp³-hybridized carbons (Fsp3) is 0. The fourth-order valence-corrected chi connectivity index (χ4v) is 2.94. The van der Waals surface area contributed by atoms with Crippen LogP contribution in [-0.4, -0.2) is 11.6 Å². The normalized spacial score (nSPS) is 13.0. The van der Waals surface area contributed by atoms with Gasteiger partial charge in [-0.15, -0.1) is 0 Å². The van der Waals surface area contributed by atoms with Gasteiger partial charge in [-0.1, -0.05) is 54.1 Å². The van der Waals surface area contributed by atoms with E-state index in [2.05, 4.69) is 5.32 Å². The third kappa shape index (κ3) is 2.59. The van der Waals surface area contributed by atoms with E-state index in [-0.39, 0.29) is 5.91 Å². The van der Waals surface area contributed by atoms with Crippen molar-refractivity contribution in [3.05, 3.63) is 94.5 Å². The summed E-state index contributed by atoms with van der Waals surface area (Å²) in [4.78, 5) is 17.3. The number of fused-ring (bicyclic) bond motifs is 2. The summed E-state index contributed by atoms with van der Waals surface area (Å²) in [7, 11) is 0. The van der Waals surface area contributed by atoms with Crippen molar-refractivity contribution in [2.75, 3.05) is 5.32 Å². The van der Waals surface area contributed by atoms with Gasteiger partial charge in [0.2, 0.25) is 0 Å². The minimum absolute atomic E-state index is 0.176. The van der Waals surface area contributed by atoms with Gasteiger partial charge in [0.25, 0.3) is 5.91 Å². The molecule has 0 spiro atoms. The second-order valence-electron chi connectivity index (χ2n) is 5.49. The average Bonchev–Trinajstić information content (AvgIpc) is 2.61. The lowest BCUT2D eigenvalue weighted by molar-refractivity contribution is 0.102. The van der Waals surface area contributed by atoms with Crippen molar-refractivity contribution in [3.63, 3.8) is 0 Å². The van der Waals surface area contributed by atoms with Gasteiger partial charge in [0, 0.05) is 16.1 Å². The van der Waals surface area contributed by atoms with Crippen LogP contribution in [0.2, 0.25) is 5.02 Å². The molecule has 0 atom stereocenters. The maximum Gasteiger partial charge on any atom is 0.257 e. The van der Waals surface area contributed by atoms with E-state index in [1.807, 2.05) is 60.7 Å². The van der Waals surface area contributed by atoms with Gasteiger partial charge in [0.05, 0.1) is 22.6 Å². The van der Waals surface area contributed by atoms with Gasteiger partial charge in [-0.3, -0.25) is 4.79 Å². The Morgan fingerprint density at radius 2 is 1.58 bits per heavy atom. The lowest BCUT2D eigenvalue weighted by atomic mass is 9.98. The van der Waals surface area contributed by atoms with Gasteiger partial charge in [0.15, 0.2) is 0 Å². The Kier molecular flexibility index (Phi) is 3.63. The zero-order chi connectivity index (χ0) is 16.5. The molecule has 1 aliphatic heterocycles. The summed E-state index contributed by atoms with van der Waals surface area (Å²) in [6, 6.07) is 22.6. The Hall–Kier alpha value is -2.91. The lowest BCUT2D eigenvalue weighted by Gasteiger charge is -2.18. The Bertz CT molecular complexity index is 964. The molecule has 0 radical (unpaired) electrons. The molecule has 1 heterocycles. The van der Waals surface area contributed by atoms with Gasteiger partial charge in [-0.25, -0.2) is 4.99 Å². The molecular formula is C20H13ClN2O. The number of nitrogens with zero attached hydrogens (tertiary/aromatic N) is 1. The molecule has 116 valence electrons. The monoisotopic (exact) mass is 332 g/mol. The van der Waals surface area contributed by atoms with E-state index in [0.29, 0.717) is 22.0 Å². The first kappa shape index (κ1) is 14.7. The third-order valence-electron chi connectivity index (χ3n) is 3.91. The number of rotatable bonds is 1. The maximum absolute atomic E-state index is 12.5. The molecule has 1 aliphatic rings. The molecule has 4 rings (SSSR count). The number of amides is 1. The molecule has 0 aromatic heterocycles. The van der Waals surface area contributed by atoms with Crippen LogP contribution in [0.15, 0.2) is 77.8 Å². The Balaban J connectivity index is 2.04. The van der Waals surface area contributed by atoms with Crippen molar-refractivity contribution in [3.8, 4) is 0 Å². The van der Waals surface area contributed by atoms with Gasteiger partial charge in [0.1, 0.15) is 0 Å². The van der Waals surface area contributed by atoms with E-state index in [1.165, 1.54) is 0 Å². The van der Waals surface area contributed by atoms with E-state index in [1.54, 1.807) is 12.1 Å². The van der Waals surface area contributed by atoms with Gasteiger partial charge >= 0.3 is 0 Å². The van der Waals surface area contributed by atoms with Crippen LogP contribution in [0.5, 0.6) is 0 Å². The number of aliphatic imine (C=N–C) groups is 1.